The van der Waals surface area contributed by atoms with E-state index in [4.69, 9.17) is 4.74 Å². The second-order valence-electron chi connectivity index (χ2n) is 10.3. The standard InChI is InChI=1S/C32H24F11NO2/c33-29(34,32(41,42)43)24-6-1-4-20(14-24)17-44(18-28(45)22-10-12-23(13-11-22)30(35,36)37)26-8-3-9-27(16-26)46-19-21-5-2-7-25(15-21)31(38,39)40/h1-16,28,45H,17-19H2. The van der Waals surface area contributed by atoms with Gasteiger partial charge in [0.15, 0.2) is 0 Å². The molecule has 0 amide bonds. The zero-order valence-corrected chi connectivity index (χ0v) is 23.4. The number of rotatable bonds is 10. The number of ether oxygens (including phenoxy) is 1. The molecule has 3 nitrogen and oxygen atoms in total. The van der Waals surface area contributed by atoms with E-state index in [-0.39, 0.29) is 47.8 Å². The highest BCUT2D eigenvalue weighted by molar-refractivity contribution is 5.52. The molecule has 1 atom stereocenters. The van der Waals surface area contributed by atoms with Gasteiger partial charge in [0, 0.05) is 30.4 Å². The van der Waals surface area contributed by atoms with Gasteiger partial charge < -0.3 is 14.7 Å². The van der Waals surface area contributed by atoms with Crippen LogP contribution in [0.25, 0.3) is 0 Å². The molecule has 4 aromatic carbocycles. The molecule has 46 heavy (non-hydrogen) atoms. The Morgan fingerprint density at radius 3 is 1.78 bits per heavy atom. The Labute approximate surface area is 255 Å². The molecule has 0 heterocycles. The lowest BCUT2D eigenvalue weighted by atomic mass is 10.0. The fourth-order valence-electron chi connectivity index (χ4n) is 4.49. The van der Waals surface area contributed by atoms with Gasteiger partial charge in [-0.3, -0.25) is 0 Å². The second kappa shape index (κ2) is 13.2. The molecule has 4 aromatic rings. The first-order valence-electron chi connectivity index (χ1n) is 13.4. The minimum Gasteiger partial charge on any atom is -0.489 e. The summed E-state index contributed by atoms with van der Waals surface area (Å²) in [5.74, 6) is -5.02. The zero-order chi connectivity index (χ0) is 33.9. The van der Waals surface area contributed by atoms with Gasteiger partial charge in [-0.2, -0.15) is 48.3 Å². The maximum absolute atomic E-state index is 14.1. The van der Waals surface area contributed by atoms with Crippen LogP contribution in [0.3, 0.4) is 0 Å². The van der Waals surface area contributed by atoms with Gasteiger partial charge in [-0.15, -0.1) is 0 Å². The van der Waals surface area contributed by atoms with Gasteiger partial charge in [-0.05, 0) is 59.2 Å². The summed E-state index contributed by atoms with van der Waals surface area (Å²) in [5.41, 5.74) is -2.68. The minimum absolute atomic E-state index is 0.0173. The average molecular weight is 664 g/mol. The average Bonchev–Trinajstić information content (AvgIpc) is 2.99. The van der Waals surface area contributed by atoms with Gasteiger partial charge in [-0.1, -0.05) is 48.5 Å². The van der Waals surface area contributed by atoms with Crippen molar-refractivity contribution in [2.24, 2.45) is 0 Å². The zero-order valence-electron chi connectivity index (χ0n) is 23.4. The Morgan fingerprint density at radius 1 is 0.609 bits per heavy atom. The summed E-state index contributed by atoms with van der Waals surface area (Å²) < 4.78 is 151. The summed E-state index contributed by atoms with van der Waals surface area (Å²) in [6.45, 7) is -0.977. The number of anilines is 1. The van der Waals surface area contributed by atoms with E-state index in [2.05, 4.69) is 0 Å². The molecule has 0 spiro atoms. The summed E-state index contributed by atoms with van der Waals surface area (Å²) in [6, 6.07) is 17.4. The first kappa shape index (κ1) is 34.5. The predicted molar refractivity (Wildman–Crippen MR) is 146 cm³/mol. The van der Waals surface area contributed by atoms with Crippen molar-refractivity contribution in [3.8, 4) is 5.75 Å². The number of nitrogens with zero attached hydrogens (tertiary/aromatic N) is 1. The number of hydrogen-bond acceptors (Lipinski definition) is 3. The summed E-state index contributed by atoms with van der Waals surface area (Å²) >= 11 is 0. The van der Waals surface area contributed by atoms with Crippen molar-refractivity contribution in [2.75, 3.05) is 11.4 Å². The Hall–Kier alpha value is -4.33. The van der Waals surface area contributed by atoms with E-state index in [1.165, 1.54) is 47.4 Å². The lowest BCUT2D eigenvalue weighted by Gasteiger charge is -2.29. The van der Waals surface area contributed by atoms with Crippen molar-refractivity contribution in [1.29, 1.82) is 0 Å². The quantitative estimate of drug-likeness (QED) is 0.172. The van der Waals surface area contributed by atoms with Crippen LogP contribution in [0.5, 0.6) is 5.75 Å². The lowest BCUT2D eigenvalue weighted by Crippen LogP contribution is -2.34. The van der Waals surface area contributed by atoms with E-state index in [0.717, 1.165) is 42.5 Å². The van der Waals surface area contributed by atoms with E-state index in [0.29, 0.717) is 12.1 Å². The van der Waals surface area contributed by atoms with Crippen LogP contribution in [0.1, 0.15) is 39.5 Å². The third-order valence-corrected chi connectivity index (χ3v) is 6.88. The predicted octanol–water partition coefficient (Wildman–Crippen LogP) is 9.70. The van der Waals surface area contributed by atoms with Crippen molar-refractivity contribution in [3.05, 3.63) is 130 Å². The normalized spacial score (nSPS) is 13.4. The highest BCUT2D eigenvalue weighted by atomic mass is 19.4. The molecule has 14 heteroatoms. The van der Waals surface area contributed by atoms with E-state index in [9.17, 15) is 53.4 Å². The van der Waals surface area contributed by atoms with E-state index in [1.54, 1.807) is 0 Å². The summed E-state index contributed by atoms with van der Waals surface area (Å²) in [4.78, 5) is 1.38. The first-order valence-corrected chi connectivity index (χ1v) is 13.4. The fourth-order valence-corrected chi connectivity index (χ4v) is 4.49. The van der Waals surface area contributed by atoms with Gasteiger partial charge in [0.1, 0.15) is 12.4 Å². The maximum Gasteiger partial charge on any atom is 0.458 e. The number of alkyl halides is 11. The maximum atomic E-state index is 14.1. The van der Waals surface area contributed by atoms with Crippen molar-refractivity contribution >= 4 is 5.69 Å². The first-order chi connectivity index (χ1) is 21.3. The molecule has 0 saturated heterocycles. The third-order valence-electron chi connectivity index (χ3n) is 6.88. The molecule has 0 radical (unpaired) electrons. The highest BCUT2D eigenvalue weighted by Crippen LogP contribution is 2.44. The number of aliphatic hydroxyl groups excluding tert-OH is 1. The van der Waals surface area contributed by atoms with Crippen LogP contribution in [0, 0.1) is 0 Å². The van der Waals surface area contributed by atoms with Gasteiger partial charge in [0.2, 0.25) is 0 Å². The van der Waals surface area contributed by atoms with Crippen LogP contribution in [0.2, 0.25) is 0 Å². The molecule has 0 aromatic heterocycles. The molecule has 0 aliphatic heterocycles. The SMILES string of the molecule is OC(CN(Cc1cccc(C(F)(F)C(F)(F)F)c1)c1cccc(OCc2cccc(C(F)(F)F)c2)c1)c1ccc(C(F)(F)F)cc1. The monoisotopic (exact) mass is 663 g/mol. The van der Waals surface area contributed by atoms with Crippen LogP contribution in [-0.4, -0.2) is 17.8 Å². The van der Waals surface area contributed by atoms with Crippen LogP contribution in [-0.2, 0) is 31.4 Å². The van der Waals surface area contributed by atoms with Gasteiger partial charge in [0.25, 0.3) is 0 Å². The molecule has 0 saturated carbocycles. The van der Waals surface area contributed by atoms with Crippen molar-refractivity contribution < 1.29 is 58.1 Å². The number of hydrogen-bond donors (Lipinski definition) is 1. The second-order valence-corrected chi connectivity index (χ2v) is 10.3. The van der Waals surface area contributed by atoms with E-state index in [1.807, 2.05) is 0 Å². The van der Waals surface area contributed by atoms with E-state index >= 15 is 0 Å². The molecular formula is C32H24F11NO2. The Balaban J connectivity index is 1.63. The molecule has 0 fully saturated rings. The minimum atomic E-state index is -5.87. The van der Waals surface area contributed by atoms with Crippen LogP contribution < -0.4 is 9.64 Å². The van der Waals surface area contributed by atoms with Gasteiger partial charge in [-0.25, -0.2) is 0 Å². The summed E-state index contributed by atoms with van der Waals surface area (Å²) in [7, 11) is 0. The Bertz CT molecular complexity index is 1610. The number of aliphatic hydroxyl groups is 1. The number of halogens is 11. The highest BCUT2D eigenvalue weighted by Gasteiger charge is 2.58. The molecule has 4 rings (SSSR count). The summed E-state index contributed by atoms with van der Waals surface area (Å²) in [5, 5.41) is 10.9. The fraction of sp³-hybridized carbons (Fsp3) is 0.250. The molecule has 0 aliphatic rings. The molecule has 1 unspecified atom stereocenters. The largest absolute Gasteiger partial charge is 0.489 e. The Kier molecular flexibility index (Phi) is 9.90. The van der Waals surface area contributed by atoms with Gasteiger partial charge >= 0.3 is 24.5 Å². The molecule has 1 N–H and O–H groups in total. The number of benzene rings is 4. The van der Waals surface area contributed by atoms with Crippen LogP contribution in [0.15, 0.2) is 97.1 Å². The lowest BCUT2D eigenvalue weighted by molar-refractivity contribution is -0.289. The van der Waals surface area contributed by atoms with Crippen molar-refractivity contribution in [1.82, 2.24) is 0 Å². The molecule has 0 bridgehead atoms. The smallest absolute Gasteiger partial charge is 0.458 e. The molecule has 246 valence electrons. The van der Waals surface area contributed by atoms with Gasteiger partial charge in [0.05, 0.1) is 17.2 Å². The third kappa shape index (κ3) is 8.47. The molecule has 0 aliphatic carbocycles. The van der Waals surface area contributed by atoms with Crippen molar-refractivity contribution in [3.63, 3.8) is 0 Å². The van der Waals surface area contributed by atoms with Crippen molar-refractivity contribution in [2.45, 2.75) is 43.7 Å². The Morgan fingerprint density at radius 2 is 1.17 bits per heavy atom. The van der Waals surface area contributed by atoms with Crippen LogP contribution in [0.4, 0.5) is 54.0 Å². The van der Waals surface area contributed by atoms with Crippen LogP contribution >= 0.6 is 0 Å². The molecular weight excluding hydrogens is 639 g/mol. The van der Waals surface area contributed by atoms with E-state index < -0.39 is 47.2 Å². The summed E-state index contributed by atoms with van der Waals surface area (Å²) in [6.07, 6.45) is -16.5. The topological polar surface area (TPSA) is 32.7 Å².